The number of hydrogen-bond donors (Lipinski definition) is 3. The molecule has 0 radical (unpaired) electrons. The number of halogens is 2. The average Bonchev–Trinajstić information content (AvgIpc) is 2.79. The Morgan fingerprint density at radius 3 is 2.32 bits per heavy atom. The van der Waals surface area contributed by atoms with Gasteiger partial charge in [-0.1, -0.05) is 23.2 Å². The number of likely N-dealkylation sites (tertiary alicyclic amines) is 2. The second kappa shape index (κ2) is 11.3. The van der Waals surface area contributed by atoms with Crippen LogP contribution >= 0.6 is 23.2 Å². The van der Waals surface area contributed by atoms with Crippen LogP contribution in [-0.2, 0) is 11.3 Å². The Labute approximate surface area is 209 Å². The van der Waals surface area contributed by atoms with Crippen molar-refractivity contribution in [2.45, 2.75) is 38.3 Å². The minimum atomic E-state index is -0.300. The summed E-state index contributed by atoms with van der Waals surface area (Å²) < 4.78 is 0. The number of carbonyl (C=O) groups excluding carboxylic acids is 2. The summed E-state index contributed by atoms with van der Waals surface area (Å²) in [6.07, 6.45) is 4.93. The fourth-order valence-electron chi connectivity index (χ4n) is 4.67. The van der Waals surface area contributed by atoms with E-state index < -0.39 is 0 Å². The molecule has 3 heterocycles. The summed E-state index contributed by atoms with van der Waals surface area (Å²) in [5.74, 6) is 0.843. The molecular formula is C24H30Cl2N6O2. The molecule has 2 aromatic rings. The van der Waals surface area contributed by atoms with Gasteiger partial charge < -0.3 is 21.3 Å². The van der Waals surface area contributed by atoms with Crippen molar-refractivity contribution in [3.05, 3.63) is 52.1 Å². The highest BCUT2D eigenvalue weighted by molar-refractivity contribution is 6.35. The van der Waals surface area contributed by atoms with Crippen LogP contribution < -0.4 is 16.4 Å². The highest BCUT2D eigenvalue weighted by Gasteiger charge is 2.31. The second-order valence-electron chi connectivity index (χ2n) is 9.00. The molecule has 1 aromatic carbocycles. The molecule has 10 heteroatoms. The predicted molar refractivity (Wildman–Crippen MR) is 135 cm³/mol. The number of amides is 3. The first-order valence-electron chi connectivity index (χ1n) is 11.6. The van der Waals surface area contributed by atoms with Gasteiger partial charge in [0, 0.05) is 53.5 Å². The maximum absolute atomic E-state index is 13.1. The summed E-state index contributed by atoms with van der Waals surface area (Å²) in [5, 5.41) is 6.67. The number of piperidine rings is 2. The minimum Gasteiger partial charge on any atom is -0.384 e. The van der Waals surface area contributed by atoms with Gasteiger partial charge in [-0.2, -0.15) is 0 Å². The van der Waals surface area contributed by atoms with Crippen LogP contribution in [0.4, 0.5) is 16.3 Å². The number of benzene rings is 1. The highest BCUT2D eigenvalue weighted by Crippen LogP contribution is 2.24. The van der Waals surface area contributed by atoms with E-state index >= 15 is 0 Å². The van der Waals surface area contributed by atoms with Crippen LogP contribution in [-0.4, -0.2) is 58.9 Å². The number of anilines is 2. The van der Waals surface area contributed by atoms with E-state index in [9.17, 15) is 9.59 Å². The second-order valence-corrected chi connectivity index (χ2v) is 9.87. The molecule has 4 N–H and O–H groups in total. The molecule has 0 atom stereocenters. The Kier molecular flexibility index (Phi) is 8.13. The molecule has 1 aromatic heterocycles. The zero-order valence-electron chi connectivity index (χ0n) is 19.0. The van der Waals surface area contributed by atoms with Crippen molar-refractivity contribution >= 4 is 46.6 Å². The first-order chi connectivity index (χ1) is 16.4. The number of pyridine rings is 1. The predicted octanol–water partition coefficient (Wildman–Crippen LogP) is 4.00. The third-order valence-corrected chi connectivity index (χ3v) is 6.89. The lowest BCUT2D eigenvalue weighted by atomic mass is 9.93. The number of nitrogens with one attached hydrogen (secondary N) is 2. The van der Waals surface area contributed by atoms with E-state index in [1.165, 1.54) is 0 Å². The Morgan fingerprint density at radius 2 is 1.68 bits per heavy atom. The topological polar surface area (TPSA) is 104 Å². The number of carbonyl (C=O) groups is 2. The zero-order valence-corrected chi connectivity index (χ0v) is 20.5. The van der Waals surface area contributed by atoms with Gasteiger partial charge in [0.15, 0.2) is 0 Å². The quantitative estimate of drug-likeness (QED) is 0.570. The lowest BCUT2D eigenvalue weighted by Crippen LogP contribution is -2.50. The Bertz CT molecular complexity index is 1000. The molecule has 8 nitrogen and oxygen atoms in total. The van der Waals surface area contributed by atoms with Crippen molar-refractivity contribution in [1.82, 2.24) is 20.1 Å². The van der Waals surface area contributed by atoms with Crippen LogP contribution in [0, 0.1) is 5.92 Å². The van der Waals surface area contributed by atoms with Crippen molar-refractivity contribution in [1.29, 1.82) is 0 Å². The molecule has 0 aliphatic carbocycles. The third-order valence-electron chi connectivity index (χ3n) is 6.45. The van der Waals surface area contributed by atoms with Crippen molar-refractivity contribution < 1.29 is 9.59 Å². The van der Waals surface area contributed by atoms with Crippen LogP contribution in [0.5, 0.6) is 0 Å². The van der Waals surface area contributed by atoms with Crippen LogP contribution in [0.25, 0.3) is 0 Å². The van der Waals surface area contributed by atoms with E-state index in [-0.39, 0.29) is 23.9 Å². The largest absolute Gasteiger partial charge is 0.384 e. The van der Waals surface area contributed by atoms with Crippen LogP contribution in [0.2, 0.25) is 10.0 Å². The molecule has 182 valence electrons. The molecule has 34 heavy (non-hydrogen) atoms. The number of nitrogen functional groups attached to an aromatic ring is 1. The van der Waals surface area contributed by atoms with Crippen molar-refractivity contribution in [3.8, 4) is 0 Å². The smallest absolute Gasteiger partial charge is 0.319 e. The van der Waals surface area contributed by atoms with Gasteiger partial charge in [0.05, 0.1) is 0 Å². The van der Waals surface area contributed by atoms with Crippen LogP contribution in [0.15, 0.2) is 36.5 Å². The highest BCUT2D eigenvalue weighted by atomic mass is 35.5. The summed E-state index contributed by atoms with van der Waals surface area (Å²) in [4.78, 5) is 33.8. The van der Waals surface area contributed by atoms with E-state index in [2.05, 4.69) is 20.5 Å². The number of nitrogens with zero attached hydrogens (tertiary/aromatic N) is 3. The van der Waals surface area contributed by atoms with Crippen LogP contribution in [0.3, 0.4) is 0 Å². The summed E-state index contributed by atoms with van der Waals surface area (Å²) in [7, 11) is 0. The summed E-state index contributed by atoms with van der Waals surface area (Å²) >= 11 is 12.0. The molecule has 2 fully saturated rings. The van der Waals surface area contributed by atoms with Gasteiger partial charge in [0.25, 0.3) is 0 Å². The number of rotatable bonds is 5. The molecule has 2 aliphatic heterocycles. The van der Waals surface area contributed by atoms with E-state index in [0.717, 1.165) is 50.9 Å². The van der Waals surface area contributed by atoms with Crippen LogP contribution in [0.1, 0.15) is 31.2 Å². The molecule has 0 saturated carbocycles. The van der Waals surface area contributed by atoms with Gasteiger partial charge in [-0.25, -0.2) is 9.78 Å². The third kappa shape index (κ3) is 6.74. The van der Waals surface area contributed by atoms with E-state index in [1.54, 1.807) is 24.4 Å². The number of urea groups is 1. The van der Waals surface area contributed by atoms with Gasteiger partial charge in [-0.15, -0.1) is 0 Å². The Hall–Kier alpha value is -2.55. The lowest BCUT2D eigenvalue weighted by molar-refractivity contribution is -0.138. The molecule has 3 amide bonds. The maximum atomic E-state index is 13.1. The SMILES string of the molecule is Nc1cc(CN2CCC(C(=O)N3CCC(NC(=O)Nc4cc(Cl)cc(Cl)c4)CC3)CC2)ccn1. The summed E-state index contributed by atoms with van der Waals surface area (Å²) in [6, 6.07) is 8.51. The molecule has 0 spiro atoms. The van der Waals surface area contributed by atoms with E-state index in [0.29, 0.717) is 34.6 Å². The fraction of sp³-hybridized carbons (Fsp3) is 0.458. The van der Waals surface area contributed by atoms with Crippen molar-refractivity contribution in [2.24, 2.45) is 5.92 Å². The molecule has 4 rings (SSSR count). The fourth-order valence-corrected chi connectivity index (χ4v) is 5.20. The number of nitrogens with two attached hydrogens (primary N) is 1. The molecule has 2 saturated heterocycles. The number of hydrogen-bond acceptors (Lipinski definition) is 5. The molecule has 0 unspecified atom stereocenters. The maximum Gasteiger partial charge on any atom is 0.319 e. The monoisotopic (exact) mass is 504 g/mol. The summed E-state index contributed by atoms with van der Waals surface area (Å²) in [5.41, 5.74) is 7.46. The molecule has 2 aliphatic rings. The number of aromatic nitrogens is 1. The summed E-state index contributed by atoms with van der Waals surface area (Å²) in [6.45, 7) is 3.93. The Balaban J connectivity index is 1.18. The van der Waals surface area contributed by atoms with Gasteiger partial charge in [-0.3, -0.25) is 9.69 Å². The molecule has 0 bridgehead atoms. The molecular weight excluding hydrogens is 475 g/mol. The van der Waals surface area contributed by atoms with Gasteiger partial charge >= 0.3 is 6.03 Å². The zero-order chi connectivity index (χ0) is 24.1. The van der Waals surface area contributed by atoms with Gasteiger partial charge in [0.2, 0.25) is 5.91 Å². The van der Waals surface area contributed by atoms with E-state index in [4.69, 9.17) is 28.9 Å². The first kappa shape index (κ1) is 24.6. The standard InChI is InChI=1S/C24H30Cl2N6O2/c25-18-12-19(26)14-21(13-18)30-24(34)29-20-4-9-32(10-5-20)23(33)17-2-7-31(8-3-17)15-16-1-6-28-22(27)11-16/h1,6,11-14,17,20H,2-5,7-10,15H2,(H2,27,28)(H2,29,30,34). The minimum absolute atomic E-state index is 0.0216. The lowest BCUT2D eigenvalue weighted by Gasteiger charge is -2.37. The van der Waals surface area contributed by atoms with E-state index in [1.807, 2.05) is 17.0 Å². The normalized spacial score (nSPS) is 18.0. The average molecular weight is 505 g/mol. The first-order valence-corrected chi connectivity index (χ1v) is 12.4. The van der Waals surface area contributed by atoms with Gasteiger partial charge in [0.1, 0.15) is 5.82 Å². The Morgan fingerprint density at radius 1 is 1.00 bits per heavy atom. The van der Waals surface area contributed by atoms with Gasteiger partial charge in [-0.05, 0) is 74.7 Å². The van der Waals surface area contributed by atoms with Crippen molar-refractivity contribution in [3.63, 3.8) is 0 Å². The van der Waals surface area contributed by atoms with Crippen molar-refractivity contribution in [2.75, 3.05) is 37.2 Å².